The van der Waals surface area contributed by atoms with Crippen molar-refractivity contribution in [3.63, 3.8) is 0 Å². The molecule has 1 amide bonds. The number of nitrogens with zero attached hydrogens (tertiary/aromatic N) is 1. The minimum Gasteiger partial charge on any atom is -0.440 e. The van der Waals surface area contributed by atoms with Crippen LogP contribution >= 0.6 is 23.5 Å². The number of benzene rings is 2. The Morgan fingerprint density at radius 2 is 1.80 bits per heavy atom. The number of fused-ring (bicyclic) bond motifs is 2. The molecule has 1 fully saturated rings. The van der Waals surface area contributed by atoms with Crippen molar-refractivity contribution in [3.8, 4) is 11.3 Å². The summed E-state index contributed by atoms with van der Waals surface area (Å²) in [5, 5.41) is 0. The standard InChI is InChI=1S/C22H18N2O4S2/c23-22(26)13-4-5-17-19(10-13)29-18-3-1-2-15(21(18)30-17)16-11-14(25)12-20(28-16)24-6-8-27-9-7-24/h1-5,10-12H,6-9H2,(H2,23,26). The molecule has 2 aromatic carbocycles. The Kier molecular flexibility index (Phi) is 5.06. The Hall–Kier alpha value is -2.68. The number of hydrogen-bond acceptors (Lipinski definition) is 7. The summed E-state index contributed by atoms with van der Waals surface area (Å²) in [6.07, 6.45) is 0. The van der Waals surface area contributed by atoms with Crippen molar-refractivity contribution in [2.75, 3.05) is 31.2 Å². The van der Waals surface area contributed by atoms with E-state index in [2.05, 4.69) is 0 Å². The number of carbonyl (C=O) groups excluding carboxylic acids is 1. The van der Waals surface area contributed by atoms with E-state index in [-0.39, 0.29) is 5.43 Å². The Morgan fingerprint density at radius 3 is 2.60 bits per heavy atom. The molecule has 5 rings (SSSR count). The van der Waals surface area contributed by atoms with Gasteiger partial charge in [0.25, 0.3) is 0 Å². The molecule has 0 radical (unpaired) electrons. The highest BCUT2D eigenvalue weighted by Crippen LogP contribution is 2.51. The number of rotatable bonds is 3. The summed E-state index contributed by atoms with van der Waals surface area (Å²) in [5.41, 5.74) is 6.70. The van der Waals surface area contributed by atoms with Crippen LogP contribution in [0.15, 0.2) is 77.3 Å². The van der Waals surface area contributed by atoms with E-state index in [1.54, 1.807) is 29.6 Å². The molecule has 8 heteroatoms. The first-order valence-corrected chi connectivity index (χ1v) is 11.1. The molecule has 30 heavy (non-hydrogen) atoms. The molecule has 152 valence electrons. The largest absolute Gasteiger partial charge is 0.440 e. The third kappa shape index (κ3) is 3.62. The van der Waals surface area contributed by atoms with E-state index in [0.717, 1.165) is 25.1 Å². The van der Waals surface area contributed by atoms with Crippen LogP contribution < -0.4 is 16.1 Å². The normalized spacial score (nSPS) is 15.4. The second-order valence-corrected chi connectivity index (χ2v) is 9.09. The average molecular weight is 439 g/mol. The lowest BCUT2D eigenvalue weighted by atomic mass is 10.1. The van der Waals surface area contributed by atoms with Crippen LogP contribution in [0.4, 0.5) is 5.88 Å². The number of hydrogen-bond donors (Lipinski definition) is 1. The number of anilines is 1. The fourth-order valence-corrected chi connectivity index (χ4v) is 5.89. The molecule has 0 aliphatic carbocycles. The summed E-state index contributed by atoms with van der Waals surface area (Å²) < 4.78 is 11.6. The van der Waals surface area contributed by atoms with Crippen molar-refractivity contribution in [2.24, 2.45) is 5.73 Å². The third-order valence-electron chi connectivity index (χ3n) is 4.98. The minimum atomic E-state index is -0.440. The van der Waals surface area contributed by atoms with Gasteiger partial charge in [-0.25, -0.2) is 0 Å². The maximum Gasteiger partial charge on any atom is 0.248 e. The predicted octanol–water partition coefficient (Wildman–Crippen LogP) is 3.86. The number of primary amides is 1. The van der Waals surface area contributed by atoms with E-state index in [0.29, 0.717) is 43.5 Å². The van der Waals surface area contributed by atoms with E-state index >= 15 is 0 Å². The number of nitrogens with two attached hydrogens (primary N) is 1. The zero-order chi connectivity index (χ0) is 20.7. The molecule has 0 atom stereocenters. The molecule has 1 saturated heterocycles. The lowest BCUT2D eigenvalue weighted by molar-refractivity contribution is 0.1000. The maximum atomic E-state index is 12.4. The van der Waals surface area contributed by atoms with Gasteiger partial charge >= 0.3 is 0 Å². The zero-order valence-electron chi connectivity index (χ0n) is 15.9. The number of carbonyl (C=O) groups is 1. The van der Waals surface area contributed by atoms with Gasteiger partial charge in [0.1, 0.15) is 5.76 Å². The topological polar surface area (TPSA) is 85.8 Å². The van der Waals surface area contributed by atoms with Gasteiger partial charge in [-0.1, -0.05) is 35.7 Å². The maximum absolute atomic E-state index is 12.4. The van der Waals surface area contributed by atoms with Crippen LogP contribution in [0.2, 0.25) is 0 Å². The van der Waals surface area contributed by atoms with E-state index < -0.39 is 5.91 Å². The molecular weight excluding hydrogens is 420 g/mol. The van der Waals surface area contributed by atoms with Crippen LogP contribution in [0.1, 0.15) is 10.4 Å². The van der Waals surface area contributed by atoms with Gasteiger partial charge in [0.05, 0.1) is 13.2 Å². The lowest BCUT2D eigenvalue weighted by Gasteiger charge is -2.27. The Morgan fingerprint density at radius 1 is 0.967 bits per heavy atom. The molecule has 3 heterocycles. The molecule has 2 N–H and O–H groups in total. The Bertz CT molecular complexity index is 1200. The monoisotopic (exact) mass is 438 g/mol. The molecular formula is C22H18N2O4S2. The van der Waals surface area contributed by atoms with E-state index in [1.165, 1.54) is 12.1 Å². The second kappa shape index (κ2) is 7.86. The van der Waals surface area contributed by atoms with E-state index in [4.69, 9.17) is 14.9 Å². The van der Waals surface area contributed by atoms with Gasteiger partial charge in [-0.3, -0.25) is 9.59 Å². The highest BCUT2D eigenvalue weighted by atomic mass is 32.2. The first-order valence-electron chi connectivity index (χ1n) is 9.49. The Balaban J connectivity index is 1.55. The first-order chi connectivity index (χ1) is 14.6. The molecule has 0 spiro atoms. The van der Waals surface area contributed by atoms with E-state index in [1.807, 2.05) is 35.2 Å². The highest BCUT2D eigenvalue weighted by Gasteiger charge is 2.23. The van der Waals surface area contributed by atoms with Crippen LogP contribution in [0, 0.1) is 0 Å². The predicted molar refractivity (Wildman–Crippen MR) is 117 cm³/mol. The lowest BCUT2D eigenvalue weighted by Crippen LogP contribution is -2.36. The molecule has 3 aromatic rings. The van der Waals surface area contributed by atoms with Crippen LogP contribution in [0.5, 0.6) is 0 Å². The zero-order valence-corrected chi connectivity index (χ0v) is 17.6. The summed E-state index contributed by atoms with van der Waals surface area (Å²) in [6.45, 7) is 2.62. The van der Waals surface area contributed by atoms with Crippen molar-refractivity contribution in [2.45, 2.75) is 19.6 Å². The van der Waals surface area contributed by atoms with Gasteiger partial charge in [-0.05, 0) is 24.3 Å². The average Bonchev–Trinajstić information content (AvgIpc) is 2.77. The van der Waals surface area contributed by atoms with Crippen molar-refractivity contribution in [3.05, 3.63) is 64.3 Å². The molecule has 6 nitrogen and oxygen atoms in total. The highest BCUT2D eigenvalue weighted by molar-refractivity contribution is 8.05. The summed E-state index contributed by atoms with van der Waals surface area (Å²) in [4.78, 5) is 30.1. The summed E-state index contributed by atoms with van der Waals surface area (Å²) in [6, 6.07) is 14.5. The van der Waals surface area contributed by atoms with Crippen LogP contribution in [-0.2, 0) is 4.74 Å². The molecule has 2 aliphatic rings. The summed E-state index contributed by atoms with van der Waals surface area (Å²) >= 11 is 3.19. The van der Waals surface area contributed by atoms with Crippen LogP contribution in [0.3, 0.4) is 0 Å². The van der Waals surface area contributed by atoms with Gasteiger partial charge in [0.15, 0.2) is 11.3 Å². The van der Waals surface area contributed by atoms with Crippen molar-refractivity contribution >= 4 is 35.3 Å². The SMILES string of the molecule is NC(=O)c1ccc2c(c1)Sc1cccc(-c3cc(=O)cc(N4CCOCC4)o3)c1S2. The summed E-state index contributed by atoms with van der Waals surface area (Å²) in [7, 11) is 0. The van der Waals surface area contributed by atoms with Crippen molar-refractivity contribution < 1.29 is 13.9 Å². The fraction of sp³-hybridized carbons (Fsp3) is 0.182. The second-order valence-electron chi connectivity index (χ2n) is 6.96. The van der Waals surface area contributed by atoms with Gasteiger partial charge in [0, 0.05) is 55.9 Å². The molecule has 0 saturated carbocycles. The number of morpholine rings is 1. The van der Waals surface area contributed by atoms with Gasteiger partial charge in [-0.2, -0.15) is 0 Å². The molecule has 0 bridgehead atoms. The number of ether oxygens (including phenoxy) is 1. The number of amides is 1. The quantitative estimate of drug-likeness (QED) is 0.520. The Labute approximate surface area is 181 Å². The van der Waals surface area contributed by atoms with E-state index in [9.17, 15) is 9.59 Å². The first kappa shape index (κ1) is 19.3. The molecule has 2 aliphatic heterocycles. The summed E-state index contributed by atoms with van der Waals surface area (Å²) in [5.74, 6) is 0.675. The smallest absolute Gasteiger partial charge is 0.248 e. The van der Waals surface area contributed by atoms with Gasteiger partial charge in [0.2, 0.25) is 5.91 Å². The van der Waals surface area contributed by atoms with Crippen molar-refractivity contribution in [1.82, 2.24) is 0 Å². The van der Waals surface area contributed by atoms with Crippen LogP contribution in [0.25, 0.3) is 11.3 Å². The third-order valence-corrected chi connectivity index (χ3v) is 7.58. The van der Waals surface area contributed by atoms with Gasteiger partial charge in [-0.15, -0.1) is 0 Å². The molecule has 0 unspecified atom stereocenters. The molecule has 1 aromatic heterocycles. The van der Waals surface area contributed by atoms with Crippen molar-refractivity contribution in [1.29, 1.82) is 0 Å². The minimum absolute atomic E-state index is 0.0877. The van der Waals surface area contributed by atoms with Gasteiger partial charge < -0.3 is 19.8 Å². The fourth-order valence-electron chi connectivity index (χ4n) is 3.49. The van der Waals surface area contributed by atoms with Crippen LogP contribution in [-0.4, -0.2) is 32.2 Å².